The number of nitrogens with zero attached hydrogens (tertiary/aromatic N) is 3. The SMILES string of the molecule is CNc1cc(N2CC(=O)NC(=O)C2(C)C)ncn1. The van der Waals surface area contributed by atoms with Crippen LogP contribution < -0.4 is 15.5 Å². The Labute approximate surface area is 105 Å². The zero-order valence-electron chi connectivity index (χ0n) is 10.5. The van der Waals surface area contributed by atoms with Gasteiger partial charge in [0.1, 0.15) is 23.5 Å². The Balaban J connectivity index is 2.40. The van der Waals surface area contributed by atoms with E-state index in [1.54, 1.807) is 31.9 Å². The number of hydrogen-bond acceptors (Lipinski definition) is 6. The van der Waals surface area contributed by atoms with E-state index in [2.05, 4.69) is 20.6 Å². The summed E-state index contributed by atoms with van der Waals surface area (Å²) in [5.74, 6) is 0.518. The van der Waals surface area contributed by atoms with Crippen LogP contribution in [0.4, 0.5) is 11.6 Å². The maximum atomic E-state index is 11.8. The molecule has 1 aliphatic heterocycles. The Kier molecular flexibility index (Phi) is 2.90. The highest BCUT2D eigenvalue weighted by Crippen LogP contribution is 2.25. The number of nitrogens with one attached hydrogen (secondary N) is 2. The first-order chi connectivity index (χ1) is 8.45. The maximum absolute atomic E-state index is 11.8. The average molecular weight is 249 g/mol. The molecule has 0 saturated carbocycles. The van der Waals surface area contributed by atoms with E-state index in [9.17, 15) is 9.59 Å². The van der Waals surface area contributed by atoms with Crippen LogP contribution in [0.1, 0.15) is 13.8 Å². The number of hydrogen-bond donors (Lipinski definition) is 2. The molecule has 0 unspecified atom stereocenters. The van der Waals surface area contributed by atoms with E-state index >= 15 is 0 Å². The van der Waals surface area contributed by atoms with Crippen LogP contribution in [0.15, 0.2) is 12.4 Å². The Hall–Kier alpha value is -2.18. The minimum atomic E-state index is -0.826. The summed E-state index contributed by atoms with van der Waals surface area (Å²) in [5.41, 5.74) is -0.826. The second kappa shape index (κ2) is 4.25. The smallest absolute Gasteiger partial charge is 0.251 e. The van der Waals surface area contributed by atoms with Crippen molar-refractivity contribution in [2.24, 2.45) is 0 Å². The van der Waals surface area contributed by atoms with Gasteiger partial charge in [-0.2, -0.15) is 0 Å². The Bertz CT molecular complexity index is 500. The third kappa shape index (κ3) is 1.99. The third-order valence-corrected chi connectivity index (χ3v) is 2.97. The molecule has 7 heteroatoms. The molecule has 0 spiro atoms. The highest BCUT2D eigenvalue weighted by molar-refractivity contribution is 6.06. The molecule has 0 aromatic carbocycles. The third-order valence-electron chi connectivity index (χ3n) is 2.97. The lowest BCUT2D eigenvalue weighted by Crippen LogP contribution is -2.64. The summed E-state index contributed by atoms with van der Waals surface area (Å²) in [5, 5.41) is 5.21. The fourth-order valence-electron chi connectivity index (χ4n) is 1.78. The Morgan fingerprint density at radius 1 is 1.39 bits per heavy atom. The molecule has 96 valence electrons. The quantitative estimate of drug-likeness (QED) is 0.703. The minimum absolute atomic E-state index is 0.0961. The standard InChI is InChI=1S/C11H15N5O2/c1-11(2)10(18)15-9(17)5-16(11)8-4-7(12-3)13-6-14-8/h4,6H,5H2,1-3H3,(H,12,13,14)(H,15,17,18). The van der Waals surface area contributed by atoms with Crippen LogP contribution in [0.3, 0.4) is 0 Å². The van der Waals surface area contributed by atoms with Crippen molar-refractivity contribution >= 4 is 23.5 Å². The van der Waals surface area contributed by atoms with Gasteiger partial charge in [0.05, 0.1) is 6.54 Å². The summed E-state index contributed by atoms with van der Waals surface area (Å²) in [6.07, 6.45) is 1.40. The highest BCUT2D eigenvalue weighted by atomic mass is 16.2. The largest absolute Gasteiger partial charge is 0.373 e. The summed E-state index contributed by atoms with van der Waals surface area (Å²) in [6.45, 7) is 3.59. The van der Waals surface area contributed by atoms with Gasteiger partial charge in [-0.1, -0.05) is 0 Å². The fraction of sp³-hybridized carbons (Fsp3) is 0.455. The summed E-state index contributed by atoms with van der Waals surface area (Å²) >= 11 is 0. The van der Waals surface area contributed by atoms with Gasteiger partial charge in [-0.3, -0.25) is 14.9 Å². The first-order valence-electron chi connectivity index (χ1n) is 5.57. The summed E-state index contributed by atoms with van der Waals surface area (Å²) in [4.78, 5) is 33.1. The monoisotopic (exact) mass is 249 g/mol. The van der Waals surface area contributed by atoms with Crippen LogP contribution in [0.25, 0.3) is 0 Å². The predicted molar refractivity (Wildman–Crippen MR) is 66.2 cm³/mol. The summed E-state index contributed by atoms with van der Waals surface area (Å²) in [6, 6.07) is 1.70. The van der Waals surface area contributed by atoms with Crippen molar-refractivity contribution in [1.29, 1.82) is 0 Å². The van der Waals surface area contributed by atoms with Crippen molar-refractivity contribution in [3.05, 3.63) is 12.4 Å². The van der Waals surface area contributed by atoms with Crippen LogP contribution in [-0.2, 0) is 9.59 Å². The molecule has 0 aliphatic carbocycles. The van der Waals surface area contributed by atoms with E-state index in [0.717, 1.165) is 0 Å². The van der Waals surface area contributed by atoms with Crippen LogP contribution in [0.2, 0.25) is 0 Å². The van der Waals surface area contributed by atoms with Gasteiger partial charge in [0, 0.05) is 13.1 Å². The van der Waals surface area contributed by atoms with Gasteiger partial charge in [0.2, 0.25) is 5.91 Å². The number of amides is 2. The molecule has 2 amide bonds. The second-order valence-corrected chi connectivity index (χ2v) is 4.53. The number of rotatable bonds is 2. The van der Waals surface area contributed by atoms with Crippen molar-refractivity contribution in [3.8, 4) is 0 Å². The zero-order chi connectivity index (χ0) is 13.3. The number of aromatic nitrogens is 2. The first-order valence-corrected chi connectivity index (χ1v) is 5.57. The molecule has 7 nitrogen and oxygen atoms in total. The van der Waals surface area contributed by atoms with Gasteiger partial charge >= 0.3 is 0 Å². The van der Waals surface area contributed by atoms with Crippen LogP contribution >= 0.6 is 0 Å². The number of carbonyl (C=O) groups excluding carboxylic acids is 2. The van der Waals surface area contributed by atoms with Crippen molar-refractivity contribution in [3.63, 3.8) is 0 Å². The van der Waals surface area contributed by atoms with Gasteiger partial charge in [-0.15, -0.1) is 0 Å². The van der Waals surface area contributed by atoms with Crippen molar-refractivity contribution in [1.82, 2.24) is 15.3 Å². The average Bonchev–Trinajstić information content (AvgIpc) is 2.34. The van der Waals surface area contributed by atoms with Gasteiger partial charge in [0.25, 0.3) is 5.91 Å². The van der Waals surface area contributed by atoms with Crippen molar-refractivity contribution in [2.75, 3.05) is 23.8 Å². The molecule has 18 heavy (non-hydrogen) atoms. The second-order valence-electron chi connectivity index (χ2n) is 4.53. The Morgan fingerprint density at radius 2 is 2.11 bits per heavy atom. The van der Waals surface area contributed by atoms with E-state index in [1.807, 2.05) is 0 Å². The molecule has 1 aliphatic rings. The lowest BCUT2D eigenvalue weighted by atomic mass is 9.99. The summed E-state index contributed by atoms with van der Waals surface area (Å²) in [7, 11) is 1.74. The zero-order valence-corrected chi connectivity index (χ0v) is 10.5. The molecular weight excluding hydrogens is 234 g/mol. The molecule has 0 atom stereocenters. The lowest BCUT2D eigenvalue weighted by Gasteiger charge is -2.40. The molecule has 1 fully saturated rings. The molecule has 2 heterocycles. The number of carbonyl (C=O) groups is 2. The van der Waals surface area contributed by atoms with Crippen molar-refractivity contribution in [2.45, 2.75) is 19.4 Å². The Morgan fingerprint density at radius 3 is 2.78 bits per heavy atom. The molecule has 0 radical (unpaired) electrons. The molecule has 2 N–H and O–H groups in total. The van der Waals surface area contributed by atoms with Gasteiger partial charge < -0.3 is 10.2 Å². The molecule has 1 aromatic rings. The first kappa shape index (κ1) is 12.3. The normalized spacial score (nSPS) is 18.5. The number of imide groups is 1. The van der Waals surface area contributed by atoms with Crippen LogP contribution in [0.5, 0.6) is 0 Å². The predicted octanol–water partition coefficient (Wildman–Crippen LogP) is -0.240. The van der Waals surface area contributed by atoms with E-state index < -0.39 is 5.54 Å². The van der Waals surface area contributed by atoms with E-state index in [4.69, 9.17) is 0 Å². The van der Waals surface area contributed by atoms with Gasteiger partial charge in [0.15, 0.2) is 0 Å². The molecular formula is C11H15N5O2. The van der Waals surface area contributed by atoms with Gasteiger partial charge in [-0.05, 0) is 13.8 Å². The van der Waals surface area contributed by atoms with E-state index in [-0.39, 0.29) is 18.4 Å². The lowest BCUT2D eigenvalue weighted by molar-refractivity contribution is -0.135. The van der Waals surface area contributed by atoms with Crippen LogP contribution in [-0.4, -0.2) is 40.9 Å². The highest BCUT2D eigenvalue weighted by Gasteiger charge is 2.41. The molecule has 1 aromatic heterocycles. The number of piperazine rings is 1. The molecule has 2 rings (SSSR count). The van der Waals surface area contributed by atoms with Crippen molar-refractivity contribution < 1.29 is 9.59 Å². The summed E-state index contributed by atoms with van der Waals surface area (Å²) < 4.78 is 0. The fourth-order valence-corrected chi connectivity index (χ4v) is 1.78. The molecule has 0 bridgehead atoms. The topological polar surface area (TPSA) is 87.2 Å². The van der Waals surface area contributed by atoms with Crippen LogP contribution in [0, 0.1) is 0 Å². The van der Waals surface area contributed by atoms with E-state index in [1.165, 1.54) is 6.33 Å². The van der Waals surface area contributed by atoms with E-state index in [0.29, 0.717) is 11.6 Å². The van der Waals surface area contributed by atoms with Gasteiger partial charge in [-0.25, -0.2) is 9.97 Å². The minimum Gasteiger partial charge on any atom is -0.373 e. The molecule has 1 saturated heterocycles. The maximum Gasteiger partial charge on any atom is 0.251 e. The number of anilines is 2.